The van der Waals surface area contributed by atoms with Crippen LogP contribution in [-0.4, -0.2) is 40.8 Å². The molecule has 0 radical (unpaired) electrons. The van der Waals surface area contributed by atoms with Crippen molar-refractivity contribution in [3.63, 3.8) is 0 Å². The van der Waals surface area contributed by atoms with Gasteiger partial charge < -0.3 is 13.9 Å². The van der Waals surface area contributed by atoms with Crippen molar-refractivity contribution in [3.8, 4) is 0 Å². The van der Waals surface area contributed by atoms with E-state index in [-0.39, 0.29) is 0 Å². The van der Waals surface area contributed by atoms with Crippen molar-refractivity contribution in [2.24, 2.45) is 0 Å². The monoisotopic (exact) mass is 514 g/mol. The van der Waals surface area contributed by atoms with Crippen LogP contribution in [0.15, 0.2) is 0 Å². The second-order valence-corrected chi connectivity index (χ2v) is 17.0. The van der Waals surface area contributed by atoms with Gasteiger partial charge in [0.25, 0.3) is 0 Å². The van der Waals surface area contributed by atoms with Gasteiger partial charge in [-0.05, 0) is 56.7 Å². The molecule has 3 nitrogen and oxygen atoms in total. The van der Waals surface area contributed by atoms with Crippen molar-refractivity contribution in [3.05, 3.63) is 0 Å². The zero-order chi connectivity index (χ0) is 26.3. The first-order chi connectivity index (χ1) is 16.7. The minimum atomic E-state index is -1.70. The number of hydrogen-bond donors (Lipinski definition) is 0. The van der Waals surface area contributed by atoms with Crippen molar-refractivity contribution >= 4 is 8.32 Å². The van der Waals surface area contributed by atoms with Crippen LogP contribution in [0.2, 0.25) is 18.1 Å². The van der Waals surface area contributed by atoms with E-state index in [2.05, 4.69) is 47.7 Å². The van der Waals surface area contributed by atoms with Crippen molar-refractivity contribution in [2.75, 3.05) is 26.4 Å². The molecular formula is C31H66O3Si. The summed E-state index contributed by atoms with van der Waals surface area (Å²) in [5.74, 6) is 0. The Morgan fingerprint density at radius 2 is 0.857 bits per heavy atom. The predicted molar refractivity (Wildman–Crippen MR) is 158 cm³/mol. The second kappa shape index (κ2) is 23.2. The minimum absolute atomic E-state index is 0.295. The Hall–Kier alpha value is 0.0969. The van der Waals surface area contributed by atoms with E-state index in [0.29, 0.717) is 11.1 Å². The zero-order valence-electron chi connectivity index (χ0n) is 25.4. The Kier molecular flexibility index (Phi) is 23.3. The highest BCUT2D eigenvalue weighted by Gasteiger charge is 2.38. The molecule has 4 heteroatoms. The maximum atomic E-state index is 6.89. The van der Waals surface area contributed by atoms with Gasteiger partial charge in [-0.25, -0.2) is 0 Å². The lowest BCUT2D eigenvalue weighted by atomic mass is 10.0. The SMILES string of the molecule is CCCCOCCCCCCCCC(CCCCCCCCOCCCC)O[Si](C)(C)C(C)(C)C. The summed E-state index contributed by atoms with van der Waals surface area (Å²) in [4.78, 5) is 0. The highest BCUT2D eigenvalue weighted by atomic mass is 28.4. The molecular weight excluding hydrogens is 448 g/mol. The van der Waals surface area contributed by atoms with Gasteiger partial charge in [0.1, 0.15) is 0 Å². The minimum Gasteiger partial charge on any atom is -0.414 e. The lowest BCUT2D eigenvalue weighted by Crippen LogP contribution is -2.44. The molecule has 35 heavy (non-hydrogen) atoms. The summed E-state index contributed by atoms with van der Waals surface area (Å²) in [6.07, 6.45) is 23.7. The van der Waals surface area contributed by atoms with E-state index < -0.39 is 8.32 Å². The molecule has 0 N–H and O–H groups in total. The van der Waals surface area contributed by atoms with Crippen LogP contribution >= 0.6 is 0 Å². The van der Waals surface area contributed by atoms with E-state index in [1.165, 1.54) is 116 Å². The molecule has 0 aromatic heterocycles. The topological polar surface area (TPSA) is 27.7 Å². The van der Waals surface area contributed by atoms with Gasteiger partial charge in [-0.1, -0.05) is 112 Å². The third-order valence-electron chi connectivity index (χ3n) is 7.68. The smallest absolute Gasteiger partial charge is 0.192 e. The highest BCUT2D eigenvalue weighted by molar-refractivity contribution is 6.74. The maximum Gasteiger partial charge on any atom is 0.192 e. The van der Waals surface area contributed by atoms with Crippen molar-refractivity contribution < 1.29 is 13.9 Å². The van der Waals surface area contributed by atoms with E-state index in [4.69, 9.17) is 13.9 Å². The number of unbranched alkanes of at least 4 members (excludes halogenated alkanes) is 12. The Morgan fingerprint density at radius 3 is 1.23 bits per heavy atom. The fourth-order valence-electron chi connectivity index (χ4n) is 4.12. The average molecular weight is 515 g/mol. The largest absolute Gasteiger partial charge is 0.414 e. The average Bonchev–Trinajstić information content (AvgIpc) is 2.79. The lowest BCUT2D eigenvalue weighted by molar-refractivity contribution is 0.127. The van der Waals surface area contributed by atoms with Crippen LogP contribution in [0.25, 0.3) is 0 Å². The van der Waals surface area contributed by atoms with Crippen LogP contribution in [0.4, 0.5) is 0 Å². The van der Waals surface area contributed by atoms with E-state index in [1.807, 2.05) is 0 Å². The number of ether oxygens (including phenoxy) is 2. The molecule has 0 rings (SSSR count). The summed E-state index contributed by atoms with van der Waals surface area (Å²) in [6.45, 7) is 20.2. The van der Waals surface area contributed by atoms with Gasteiger partial charge in [0.15, 0.2) is 8.32 Å². The predicted octanol–water partition coefficient (Wildman–Crippen LogP) is 10.5. The van der Waals surface area contributed by atoms with E-state index >= 15 is 0 Å². The Labute approximate surface area is 223 Å². The molecule has 0 unspecified atom stereocenters. The van der Waals surface area contributed by atoms with Crippen LogP contribution in [0.5, 0.6) is 0 Å². The molecule has 0 aliphatic rings. The molecule has 0 aromatic carbocycles. The van der Waals surface area contributed by atoms with Gasteiger partial charge >= 0.3 is 0 Å². The fourth-order valence-corrected chi connectivity index (χ4v) is 5.54. The highest BCUT2D eigenvalue weighted by Crippen LogP contribution is 2.38. The lowest BCUT2D eigenvalue weighted by Gasteiger charge is -2.39. The van der Waals surface area contributed by atoms with E-state index in [1.54, 1.807) is 0 Å². The molecule has 0 saturated carbocycles. The number of rotatable bonds is 26. The summed E-state index contributed by atoms with van der Waals surface area (Å²) in [5, 5.41) is 0.295. The van der Waals surface area contributed by atoms with Crippen LogP contribution in [0.3, 0.4) is 0 Å². The summed E-state index contributed by atoms with van der Waals surface area (Å²) >= 11 is 0. The molecule has 0 aliphatic heterocycles. The fraction of sp³-hybridized carbons (Fsp3) is 1.00. The summed E-state index contributed by atoms with van der Waals surface area (Å²) in [5.41, 5.74) is 0. The molecule has 0 spiro atoms. The molecule has 0 amide bonds. The molecule has 212 valence electrons. The first-order valence-electron chi connectivity index (χ1n) is 15.6. The Balaban J connectivity index is 4.04. The van der Waals surface area contributed by atoms with Crippen LogP contribution < -0.4 is 0 Å². The normalized spacial score (nSPS) is 12.7. The third kappa shape index (κ3) is 21.8. The van der Waals surface area contributed by atoms with Gasteiger partial charge in [0.05, 0.1) is 0 Å². The molecule has 0 aliphatic carbocycles. The molecule has 0 atom stereocenters. The zero-order valence-corrected chi connectivity index (χ0v) is 26.4. The summed E-state index contributed by atoms with van der Waals surface area (Å²) < 4.78 is 18.3. The van der Waals surface area contributed by atoms with E-state index in [9.17, 15) is 0 Å². The first-order valence-corrected chi connectivity index (χ1v) is 18.5. The first kappa shape index (κ1) is 35.1. The van der Waals surface area contributed by atoms with Crippen molar-refractivity contribution in [1.82, 2.24) is 0 Å². The van der Waals surface area contributed by atoms with Crippen LogP contribution in [0.1, 0.15) is 150 Å². The summed E-state index contributed by atoms with van der Waals surface area (Å²) in [6, 6.07) is 0. The molecule has 0 heterocycles. The number of hydrogen-bond acceptors (Lipinski definition) is 3. The van der Waals surface area contributed by atoms with Crippen molar-refractivity contribution in [1.29, 1.82) is 0 Å². The van der Waals surface area contributed by atoms with Crippen LogP contribution in [0, 0.1) is 0 Å². The van der Waals surface area contributed by atoms with Gasteiger partial charge in [-0.15, -0.1) is 0 Å². The van der Waals surface area contributed by atoms with Crippen molar-refractivity contribution in [2.45, 2.75) is 174 Å². The molecule has 0 aromatic rings. The van der Waals surface area contributed by atoms with Gasteiger partial charge in [0, 0.05) is 32.5 Å². The Bertz CT molecular complexity index is 407. The second-order valence-electron chi connectivity index (χ2n) is 12.3. The van der Waals surface area contributed by atoms with E-state index in [0.717, 1.165) is 26.4 Å². The quantitative estimate of drug-likeness (QED) is 0.0848. The van der Waals surface area contributed by atoms with Gasteiger partial charge in [-0.2, -0.15) is 0 Å². The molecule has 0 saturated heterocycles. The van der Waals surface area contributed by atoms with Gasteiger partial charge in [-0.3, -0.25) is 0 Å². The maximum absolute atomic E-state index is 6.89. The van der Waals surface area contributed by atoms with Gasteiger partial charge in [0.2, 0.25) is 0 Å². The summed E-state index contributed by atoms with van der Waals surface area (Å²) in [7, 11) is -1.70. The molecule has 0 bridgehead atoms. The standard InChI is InChI=1S/C31H66O3Si/c1-8-10-26-32-28-22-18-14-12-16-20-24-30(34-35(6,7)31(3,4)5)25-21-17-13-15-19-23-29-33-27-11-9-2/h30H,8-29H2,1-7H3. The Morgan fingerprint density at radius 1 is 0.514 bits per heavy atom. The third-order valence-corrected chi connectivity index (χ3v) is 12.2. The van der Waals surface area contributed by atoms with Crippen LogP contribution in [-0.2, 0) is 13.9 Å². The molecule has 0 fully saturated rings.